The molecule has 4 rings (SSSR count). The molecule has 1 saturated heterocycles. The fraction of sp³-hybridized carbons (Fsp3) is 0.304. The number of carbonyl (C=O) groups is 2. The maximum atomic E-state index is 12.9. The van der Waals surface area contributed by atoms with Crippen LogP contribution in [0.2, 0.25) is 0 Å². The smallest absolute Gasteiger partial charge is 0.243 e. The van der Waals surface area contributed by atoms with Gasteiger partial charge in [-0.05, 0) is 43.5 Å². The van der Waals surface area contributed by atoms with Crippen LogP contribution in [0.25, 0.3) is 0 Å². The van der Waals surface area contributed by atoms with Crippen LogP contribution >= 0.6 is 0 Å². The van der Waals surface area contributed by atoms with E-state index in [4.69, 9.17) is 0 Å². The van der Waals surface area contributed by atoms with Crippen LogP contribution in [-0.2, 0) is 21.4 Å². The SMILES string of the molecule is CC(=O)c1ccc(S(=O)(=O)N2CCC(C(=O)Nc3ccn(Cc4cccnc4)n3)CC2)cc1. The molecule has 0 bridgehead atoms. The number of Topliss-reactive ketones (excluding diaryl/α,β-unsaturated/α-hetero) is 1. The Kier molecular flexibility index (Phi) is 6.66. The minimum atomic E-state index is -3.67. The van der Waals surface area contributed by atoms with Gasteiger partial charge >= 0.3 is 0 Å². The second-order valence-electron chi connectivity index (χ2n) is 8.01. The molecule has 0 atom stereocenters. The van der Waals surface area contributed by atoms with E-state index in [2.05, 4.69) is 15.4 Å². The molecule has 10 heteroatoms. The number of hydrogen-bond donors (Lipinski definition) is 1. The number of rotatable bonds is 7. The minimum Gasteiger partial charge on any atom is -0.309 e. The Labute approximate surface area is 192 Å². The standard InChI is InChI=1S/C23H25N5O4S/c1-17(29)19-4-6-21(7-5-19)33(31,32)28-13-8-20(9-14-28)23(30)25-22-10-12-27(26-22)16-18-3-2-11-24-15-18/h2-7,10-12,15,20H,8-9,13-14,16H2,1H3,(H,25,26,30). The molecule has 1 aliphatic rings. The normalized spacial score (nSPS) is 15.3. The molecular weight excluding hydrogens is 442 g/mol. The van der Waals surface area contributed by atoms with E-state index in [0.717, 1.165) is 5.56 Å². The summed E-state index contributed by atoms with van der Waals surface area (Å²) in [5.41, 5.74) is 1.47. The Morgan fingerprint density at radius 2 is 1.82 bits per heavy atom. The summed E-state index contributed by atoms with van der Waals surface area (Å²) in [6, 6.07) is 11.5. The number of piperidine rings is 1. The van der Waals surface area contributed by atoms with E-state index in [1.54, 1.807) is 29.3 Å². The number of pyridine rings is 1. The van der Waals surface area contributed by atoms with Gasteiger partial charge in [-0.1, -0.05) is 18.2 Å². The van der Waals surface area contributed by atoms with Crippen molar-refractivity contribution in [3.63, 3.8) is 0 Å². The van der Waals surface area contributed by atoms with E-state index >= 15 is 0 Å². The molecule has 0 unspecified atom stereocenters. The Bertz CT molecular complexity index is 1230. The van der Waals surface area contributed by atoms with Gasteiger partial charge < -0.3 is 5.32 Å². The van der Waals surface area contributed by atoms with Crippen LogP contribution < -0.4 is 5.32 Å². The largest absolute Gasteiger partial charge is 0.309 e. The zero-order chi connectivity index (χ0) is 23.4. The molecular formula is C23H25N5O4S. The molecule has 0 aliphatic carbocycles. The number of amides is 1. The number of benzene rings is 1. The molecule has 9 nitrogen and oxygen atoms in total. The van der Waals surface area contributed by atoms with Crippen LogP contribution in [0.4, 0.5) is 5.82 Å². The molecule has 172 valence electrons. The molecule has 1 N–H and O–H groups in total. The first-order valence-electron chi connectivity index (χ1n) is 10.7. The molecule has 33 heavy (non-hydrogen) atoms. The minimum absolute atomic E-state index is 0.118. The van der Waals surface area contributed by atoms with E-state index in [9.17, 15) is 18.0 Å². The van der Waals surface area contributed by atoms with Crippen molar-refractivity contribution in [1.29, 1.82) is 0 Å². The number of nitrogens with zero attached hydrogens (tertiary/aromatic N) is 4. The summed E-state index contributed by atoms with van der Waals surface area (Å²) in [4.78, 5) is 28.3. The molecule has 3 aromatic rings. The van der Waals surface area contributed by atoms with E-state index in [1.165, 1.54) is 35.5 Å². The highest BCUT2D eigenvalue weighted by molar-refractivity contribution is 7.89. The van der Waals surface area contributed by atoms with Gasteiger partial charge in [0, 0.05) is 49.2 Å². The summed E-state index contributed by atoms with van der Waals surface area (Å²) < 4.78 is 28.9. The lowest BCUT2D eigenvalue weighted by atomic mass is 9.97. The molecule has 0 radical (unpaired) electrons. The summed E-state index contributed by atoms with van der Waals surface area (Å²) in [5.74, 6) is -0.110. The maximum Gasteiger partial charge on any atom is 0.243 e. The van der Waals surface area contributed by atoms with Crippen LogP contribution in [0, 0.1) is 5.92 Å². The highest BCUT2D eigenvalue weighted by atomic mass is 32.2. The Morgan fingerprint density at radius 1 is 1.09 bits per heavy atom. The third-order valence-corrected chi connectivity index (χ3v) is 7.60. The molecule has 1 amide bonds. The van der Waals surface area contributed by atoms with E-state index in [0.29, 0.717) is 30.8 Å². The van der Waals surface area contributed by atoms with Crippen LogP contribution in [0.15, 0.2) is 66.0 Å². The van der Waals surface area contributed by atoms with Gasteiger partial charge in [-0.25, -0.2) is 8.42 Å². The zero-order valence-electron chi connectivity index (χ0n) is 18.2. The van der Waals surface area contributed by atoms with Crippen LogP contribution in [0.3, 0.4) is 0 Å². The molecule has 2 aromatic heterocycles. The third kappa shape index (κ3) is 5.35. The molecule has 1 fully saturated rings. The van der Waals surface area contributed by atoms with Crippen molar-refractivity contribution in [1.82, 2.24) is 19.1 Å². The number of sulfonamides is 1. The molecule has 1 aliphatic heterocycles. The van der Waals surface area contributed by atoms with Gasteiger partial charge in [-0.3, -0.25) is 19.3 Å². The Hall–Kier alpha value is -3.37. The highest BCUT2D eigenvalue weighted by Crippen LogP contribution is 2.25. The zero-order valence-corrected chi connectivity index (χ0v) is 19.0. The summed E-state index contributed by atoms with van der Waals surface area (Å²) in [5, 5.41) is 7.21. The van der Waals surface area contributed by atoms with E-state index in [1.807, 2.05) is 12.1 Å². The number of hydrogen-bond acceptors (Lipinski definition) is 6. The molecule has 0 spiro atoms. The van der Waals surface area contributed by atoms with Crippen molar-refractivity contribution in [2.75, 3.05) is 18.4 Å². The molecule has 0 saturated carbocycles. The van der Waals surface area contributed by atoms with Crippen molar-refractivity contribution >= 4 is 27.5 Å². The fourth-order valence-corrected chi connectivity index (χ4v) is 5.26. The quantitative estimate of drug-likeness (QED) is 0.534. The topological polar surface area (TPSA) is 114 Å². The number of ketones is 1. The monoisotopic (exact) mass is 467 g/mol. The summed E-state index contributed by atoms with van der Waals surface area (Å²) in [6.45, 7) is 2.49. The van der Waals surface area contributed by atoms with Crippen molar-refractivity contribution in [3.8, 4) is 0 Å². The lowest BCUT2D eigenvalue weighted by molar-refractivity contribution is -0.120. The Morgan fingerprint density at radius 3 is 2.45 bits per heavy atom. The van der Waals surface area contributed by atoms with E-state index in [-0.39, 0.29) is 35.6 Å². The second kappa shape index (κ2) is 9.63. The van der Waals surface area contributed by atoms with Gasteiger partial charge in [0.1, 0.15) is 0 Å². The van der Waals surface area contributed by atoms with Gasteiger partial charge in [0.15, 0.2) is 11.6 Å². The van der Waals surface area contributed by atoms with Gasteiger partial charge in [0.05, 0.1) is 11.4 Å². The van der Waals surface area contributed by atoms with Crippen molar-refractivity contribution in [2.45, 2.75) is 31.2 Å². The average Bonchev–Trinajstić information content (AvgIpc) is 3.26. The lowest BCUT2D eigenvalue weighted by Crippen LogP contribution is -2.41. The first kappa shape index (κ1) is 22.8. The Balaban J connectivity index is 1.32. The van der Waals surface area contributed by atoms with E-state index < -0.39 is 10.0 Å². The predicted molar refractivity (Wildman–Crippen MR) is 122 cm³/mol. The van der Waals surface area contributed by atoms with Gasteiger partial charge in [-0.15, -0.1) is 0 Å². The maximum absolute atomic E-state index is 12.9. The number of anilines is 1. The fourth-order valence-electron chi connectivity index (χ4n) is 3.79. The second-order valence-corrected chi connectivity index (χ2v) is 9.95. The predicted octanol–water partition coefficient (Wildman–Crippen LogP) is 2.57. The third-order valence-electron chi connectivity index (χ3n) is 5.68. The van der Waals surface area contributed by atoms with Crippen LogP contribution in [0.5, 0.6) is 0 Å². The number of aromatic nitrogens is 3. The number of nitrogens with one attached hydrogen (secondary N) is 1. The average molecular weight is 468 g/mol. The van der Waals surface area contributed by atoms with Gasteiger partial charge in [0.25, 0.3) is 0 Å². The van der Waals surface area contributed by atoms with Crippen LogP contribution in [0.1, 0.15) is 35.7 Å². The van der Waals surface area contributed by atoms with Gasteiger partial charge in [0.2, 0.25) is 15.9 Å². The van der Waals surface area contributed by atoms with Crippen molar-refractivity contribution < 1.29 is 18.0 Å². The molecule has 3 heterocycles. The summed E-state index contributed by atoms with van der Waals surface area (Å²) >= 11 is 0. The van der Waals surface area contributed by atoms with Crippen LogP contribution in [-0.4, -0.2) is 52.3 Å². The summed E-state index contributed by atoms with van der Waals surface area (Å²) in [7, 11) is -3.67. The van der Waals surface area contributed by atoms with Crippen molar-refractivity contribution in [3.05, 3.63) is 72.2 Å². The first-order chi connectivity index (χ1) is 15.8. The van der Waals surface area contributed by atoms with Crippen molar-refractivity contribution in [2.24, 2.45) is 5.92 Å². The summed E-state index contributed by atoms with van der Waals surface area (Å²) in [6.07, 6.45) is 6.10. The molecule has 1 aromatic carbocycles. The van der Waals surface area contributed by atoms with Gasteiger partial charge in [-0.2, -0.15) is 9.40 Å². The lowest BCUT2D eigenvalue weighted by Gasteiger charge is -2.30. The number of carbonyl (C=O) groups excluding carboxylic acids is 2. The highest BCUT2D eigenvalue weighted by Gasteiger charge is 2.32. The first-order valence-corrected chi connectivity index (χ1v) is 12.1.